The van der Waals surface area contributed by atoms with Crippen LogP contribution in [-0.2, 0) is 7.05 Å². The Labute approximate surface area is 174 Å². The topological polar surface area (TPSA) is 51.0 Å². The average molecular weight is 417 g/mol. The lowest BCUT2D eigenvalue weighted by Gasteiger charge is -2.18. The van der Waals surface area contributed by atoms with Crippen molar-refractivity contribution in [3.8, 4) is 11.1 Å². The first-order valence-electron chi connectivity index (χ1n) is 9.44. The van der Waals surface area contributed by atoms with E-state index in [1.807, 2.05) is 39.0 Å². The minimum absolute atomic E-state index is 0.0396. The van der Waals surface area contributed by atoms with Crippen LogP contribution < -0.4 is 0 Å². The van der Waals surface area contributed by atoms with Gasteiger partial charge in [-0.25, -0.2) is 4.98 Å². The Morgan fingerprint density at radius 2 is 2.11 bits per heavy atom. The molecule has 0 saturated heterocycles. The highest BCUT2D eigenvalue weighted by Gasteiger charge is 2.46. The van der Waals surface area contributed by atoms with Gasteiger partial charge in [0.25, 0.3) is 5.91 Å². The van der Waals surface area contributed by atoms with Gasteiger partial charge in [-0.1, -0.05) is 25.4 Å². The van der Waals surface area contributed by atoms with Crippen molar-refractivity contribution in [2.45, 2.75) is 34.1 Å². The summed E-state index contributed by atoms with van der Waals surface area (Å²) in [7, 11) is 3.77. The number of amides is 1. The fourth-order valence-electron chi connectivity index (χ4n) is 3.88. The Balaban J connectivity index is 1.85. The highest BCUT2D eigenvalue weighted by molar-refractivity contribution is 7.21. The molecule has 0 aliphatic heterocycles. The summed E-state index contributed by atoms with van der Waals surface area (Å²) in [5.41, 5.74) is 3.90. The minimum atomic E-state index is 0.0396. The lowest BCUT2D eigenvalue weighted by molar-refractivity contribution is 0.0789. The second-order valence-corrected chi connectivity index (χ2v) is 9.98. The van der Waals surface area contributed by atoms with Crippen LogP contribution in [0.2, 0.25) is 5.02 Å². The van der Waals surface area contributed by atoms with Crippen LogP contribution in [0.4, 0.5) is 0 Å². The van der Waals surface area contributed by atoms with Crippen molar-refractivity contribution in [1.82, 2.24) is 19.7 Å². The zero-order valence-corrected chi connectivity index (χ0v) is 18.7. The number of aryl methyl sites for hydroxylation is 3. The van der Waals surface area contributed by atoms with Gasteiger partial charge in [0, 0.05) is 43.4 Å². The van der Waals surface area contributed by atoms with E-state index in [1.54, 1.807) is 10.9 Å². The molecule has 0 bridgehead atoms. The van der Waals surface area contributed by atoms with Crippen LogP contribution in [0, 0.1) is 25.2 Å². The van der Waals surface area contributed by atoms with Gasteiger partial charge >= 0.3 is 0 Å². The van der Waals surface area contributed by atoms with Crippen molar-refractivity contribution in [1.29, 1.82) is 0 Å². The molecule has 1 atom stereocenters. The molecule has 4 rings (SSSR count). The van der Waals surface area contributed by atoms with Crippen molar-refractivity contribution in [3.63, 3.8) is 0 Å². The second-order valence-electron chi connectivity index (χ2n) is 8.60. The van der Waals surface area contributed by atoms with Gasteiger partial charge in [-0.3, -0.25) is 9.48 Å². The molecule has 28 heavy (non-hydrogen) atoms. The predicted octanol–water partition coefficient (Wildman–Crippen LogP) is 5.09. The molecule has 0 aromatic carbocycles. The zero-order valence-electron chi connectivity index (χ0n) is 17.1. The first-order valence-corrected chi connectivity index (χ1v) is 10.6. The molecule has 5 nitrogen and oxygen atoms in total. The summed E-state index contributed by atoms with van der Waals surface area (Å²) >= 11 is 7.96. The number of fused-ring (bicyclic) bond motifs is 1. The molecule has 1 amide bonds. The fraction of sp³-hybridized carbons (Fsp3) is 0.476. The maximum Gasteiger partial charge on any atom is 0.264 e. The van der Waals surface area contributed by atoms with Crippen LogP contribution in [0.3, 0.4) is 0 Å². The van der Waals surface area contributed by atoms with Crippen molar-refractivity contribution < 1.29 is 4.79 Å². The summed E-state index contributed by atoms with van der Waals surface area (Å²) in [5.74, 6) is 0.604. The number of hydrogen-bond donors (Lipinski definition) is 0. The molecule has 3 aromatic heterocycles. The van der Waals surface area contributed by atoms with Gasteiger partial charge in [0.15, 0.2) is 0 Å². The number of carbonyl (C=O) groups is 1. The Bertz CT molecular complexity index is 1100. The van der Waals surface area contributed by atoms with Crippen molar-refractivity contribution in [2.24, 2.45) is 18.4 Å². The number of thiophene rings is 1. The van der Waals surface area contributed by atoms with Crippen LogP contribution in [0.15, 0.2) is 12.4 Å². The summed E-state index contributed by atoms with van der Waals surface area (Å²) in [6, 6.07) is 0. The molecule has 0 spiro atoms. The molecule has 1 unspecified atom stereocenters. The molecular weight excluding hydrogens is 392 g/mol. The van der Waals surface area contributed by atoms with E-state index in [0.29, 0.717) is 21.2 Å². The molecule has 3 heterocycles. The molecule has 1 aliphatic rings. The molecule has 148 valence electrons. The Kier molecular flexibility index (Phi) is 4.55. The number of rotatable bonds is 4. The molecule has 1 saturated carbocycles. The summed E-state index contributed by atoms with van der Waals surface area (Å²) < 4.78 is 1.75. The van der Waals surface area contributed by atoms with E-state index in [0.717, 1.165) is 39.1 Å². The minimum Gasteiger partial charge on any atom is -0.341 e. The smallest absolute Gasteiger partial charge is 0.264 e. The third-order valence-corrected chi connectivity index (χ3v) is 7.56. The van der Waals surface area contributed by atoms with Crippen LogP contribution in [0.5, 0.6) is 0 Å². The van der Waals surface area contributed by atoms with Gasteiger partial charge in [-0.2, -0.15) is 5.10 Å². The SMILES string of the molecule is Cc1nc2sc(C(=O)N(C)CC3CC3(C)C)c(-c3cnn(C)c3)c2c(C)c1Cl. The van der Waals surface area contributed by atoms with E-state index in [4.69, 9.17) is 11.6 Å². The Morgan fingerprint density at radius 3 is 2.68 bits per heavy atom. The van der Waals surface area contributed by atoms with Crippen molar-refractivity contribution >= 4 is 39.1 Å². The molecule has 7 heteroatoms. The number of carbonyl (C=O) groups excluding carboxylic acids is 1. The molecule has 1 aliphatic carbocycles. The fourth-order valence-corrected chi connectivity index (χ4v) is 5.31. The number of hydrogen-bond acceptors (Lipinski definition) is 4. The first kappa shape index (κ1) is 19.4. The lowest BCUT2D eigenvalue weighted by Crippen LogP contribution is -2.29. The third kappa shape index (κ3) is 3.12. The lowest BCUT2D eigenvalue weighted by atomic mass is 10.0. The molecule has 0 radical (unpaired) electrons. The van der Waals surface area contributed by atoms with E-state index in [-0.39, 0.29) is 5.91 Å². The standard InChI is InChI=1S/C21H25ClN4OS/c1-11-15-16(13-8-23-26(6)9-13)18(28-19(15)24-12(2)17(11)22)20(27)25(5)10-14-7-21(14,3)4/h8-9,14H,7,10H2,1-6H3. The molecule has 0 N–H and O–H groups in total. The van der Waals surface area contributed by atoms with Crippen molar-refractivity contribution in [3.05, 3.63) is 33.6 Å². The first-order chi connectivity index (χ1) is 13.1. The summed E-state index contributed by atoms with van der Waals surface area (Å²) in [6.45, 7) is 9.19. The Morgan fingerprint density at radius 1 is 1.43 bits per heavy atom. The van der Waals surface area contributed by atoms with E-state index in [9.17, 15) is 4.79 Å². The zero-order chi connectivity index (χ0) is 20.4. The van der Waals surface area contributed by atoms with Gasteiger partial charge in [0.1, 0.15) is 9.71 Å². The normalized spacial score (nSPS) is 17.9. The number of halogens is 1. The monoisotopic (exact) mass is 416 g/mol. The van der Waals surface area contributed by atoms with Gasteiger partial charge in [-0.15, -0.1) is 11.3 Å². The number of pyridine rings is 1. The number of aromatic nitrogens is 3. The predicted molar refractivity (Wildman–Crippen MR) is 115 cm³/mol. The van der Waals surface area contributed by atoms with Gasteiger partial charge in [0.2, 0.25) is 0 Å². The van der Waals surface area contributed by atoms with Gasteiger partial charge in [0.05, 0.1) is 16.9 Å². The summed E-state index contributed by atoms with van der Waals surface area (Å²) in [4.78, 5) is 21.5. The highest BCUT2D eigenvalue weighted by Crippen LogP contribution is 2.52. The van der Waals surface area contributed by atoms with Crippen LogP contribution in [0.25, 0.3) is 21.3 Å². The van der Waals surface area contributed by atoms with Gasteiger partial charge < -0.3 is 4.90 Å². The Hall–Kier alpha value is -1.92. The summed E-state index contributed by atoms with van der Waals surface area (Å²) in [5, 5.41) is 5.93. The molecule has 1 fully saturated rings. The highest BCUT2D eigenvalue weighted by atomic mass is 35.5. The maximum absolute atomic E-state index is 13.4. The quantitative estimate of drug-likeness (QED) is 0.595. The molecule has 3 aromatic rings. The van der Waals surface area contributed by atoms with Gasteiger partial charge in [-0.05, 0) is 37.2 Å². The van der Waals surface area contributed by atoms with E-state index in [2.05, 4.69) is 23.9 Å². The van der Waals surface area contributed by atoms with Crippen LogP contribution in [0.1, 0.15) is 41.2 Å². The second kappa shape index (κ2) is 6.56. The maximum atomic E-state index is 13.4. The third-order valence-electron chi connectivity index (χ3n) is 5.93. The molecular formula is C21H25ClN4OS. The average Bonchev–Trinajstić information content (AvgIpc) is 2.98. The van der Waals surface area contributed by atoms with Crippen molar-refractivity contribution in [2.75, 3.05) is 13.6 Å². The largest absolute Gasteiger partial charge is 0.341 e. The van der Waals surface area contributed by atoms with E-state index in [1.165, 1.54) is 17.8 Å². The van der Waals surface area contributed by atoms with E-state index < -0.39 is 0 Å². The van der Waals surface area contributed by atoms with E-state index >= 15 is 0 Å². The van der Waals surface area contributed by atoms with Crippen LogP contribution >= 0.6 is 22.9 Å². The van der Waals surface area contributed by atoms with Crippen LogP contribution in [-0.4, -0.2) is 39.2 Å². The summed E-state index contributed by atoms with van der Waals surface area (Å²) in [6.07, 6.45) is 4.91. The number of nitrogens with zero attached hydrogens (tertiary/aromatic N) is 4.